The molecule has 196 valence electrons. The predicted molar refractivity (Wildman–Crippen MR) is 146 cm³/mol. The van der Waals surface area contributed by atoms with Gasteiger partial charge in [-0.1, -0.05) is 39.0 Å². The Hall–Kier alpha value is -4.26. The van der Waals surface area contributed by atoms with Crippen molar-refractivity contribution < 1.29 is 24.2 Å². The average molecular weight is 513 g/mol. The van der Waals surface area contributed by atoms with Gasteiger partial charge in [0.25, 0.3) is 11.7 Å². The third-order valence-electron chi connectivity index (χ3n) is 6.53. The number of ether oxygens (including phenoxy) is 1. The van der Waals surface area contributed by atoms with E-state index in [2.05, 4.69) is 25.8 Å². The van der Waals surface area contributed by atoms with Gasteiger partial charge in [-0.3, -0.25) is 19.5 Å². The zero-order valence-electron chi connectivity index (χ0n) is 22.5. The van der Waals surface area contributed by atoms with Crippen LogP contribution in [0, 0.1) is 6.92 Å². The van der Waals surface area contributed by atoms with Crippen molar-refractivity contribution in [3.8, 4) is 0 Å². The standard InChI is InChI=1S/C31H32N2O5/c1-18(2)38-30(37)21-8-7-9-23(16-21)33-26(20-12-14-32-15-13-20)25(28(35)29(33)36)27(34)24-17-22(31(4,5)6)11-10-19(24)3/h7-18,26,34H,1-6H3/b27-25+. The van der Waals surface area contributed by atoms with Gasteiger partial charge in [-0.15, -0.1) is 0 Å². The van der Waals surface area contributed by atoms with Gasteiger partial charge in [0.05, 0.1) is 23.3 Å². The van der Waals surface area contributed by atoms with E-state index in [0.717, 1.165) is 11.1 Å². The van der Waals surface area contributed by atoms with Gasteiger partial charge >= 0.3 is 5.97 Å². The van der Waals surface area contributed by atoms with Gasteiger partial charge in [0, 0.05) is 23.6 Å². The third kappa shape index (κ3) is 5.09. The SMILES string of the molecule is Cc1ccc(C(C)(C)C)cc1/C(O)=C1\C(=O)C(=O)N(c2cccc(C(=O)OC(C)C)c2)C1c1ccncc1. The second-order valence-electron chi connectivity index (χ2n) is 10.7. The molecule has 1 unspecified atom stereocenters. The number of carbonyl (C=O) groups is 3. The Morgan fingerprint density at radius 3 is 2.34 bits per heavy atom. The number of aromatic nitrogens is 1. The van der Waals surface area contributed by atoms with Crippen LogP contribution in [0.15, 0.2) is 72.6 Å². The van der Waals surface area contributed by atoms with E-state index in [4.69, 9.17) is 4.74 Å². The molecule has 1 aromatic heterocycles. The Bertz CT molecular complexity index is 1430. The fourth-order valence-corrected chi connectivity index (χ4v) is 4.51. The number of rotatable bonds is 5. The number of Topliss-reactive ketones (excluding diaryl/α,β-unsaturated/α-hetero) is 1. The summed E-state index contributed by atoms with van der Waals surface area (Å²) >= 11 is 0. The lowest BCUT2D eigenvalue weighted by Crippen LogP contribution is -2.29. The van der Waals surface area contributed by atoms with E-state index in [1.807, 2.05) is 25.1 Å². The molecule has 0 bridgehead atoms. The predicted octanol–water partition coefficient (Wildman–Crippen LogP) is 5.88. The molecule has 38 heavy (non-hydrogen) atoms. The number of carbonyl (C=O) groups excluding carboxylic acids is 3. The number of pyridine rings is 1. The summed E-state index contributed by atoms with van der Waals surface area (Å²) < 4.78 is 5.32. The van der Waals surface area contributed by atoms with Gasteiger partial charge < -0.3 is 9.84 Å². The lowest BCUT2D eigenvalue weighted by atomic mass is 9.84. The minimum Gasteiger partial charge on any atom is -0.507 e. The summed E-state index contributed by atoms with van der Waals surface area (Å²) in [5.74, 6) is -2.38. The topological polar surface area (TPSA) is 96.8 Å². The molecule has 3 aromatic rings. The molecule has 1 fully saturated rings. The van der Waals surface area contributed by atoms with Crippen LogP contribution in [-0.2, 0) is 19.7 Å². The van der Waals surface area contributed by atoms with Crippen LogP contribution in [0.2, 0.25) is 0 Å². The molecule has 7 heteroatoms. The lowest BCUT2D eigenvalue weighted by Gasteiger charge is -2.26. The number of amides is 1. The van der Waals surface area contributed by atoms with Crippen molar-refractivity contribution in [3.05, 3.63) is 100 Å². The first-order valence-corrected chi connectivity index (χ1v) is 12.5. The highest BCUT2D eigenvalue weighted by Gasteiger charge is 2.47. The number of aryl methyl sites for hydroxylation is 1. The summed E-state index contributed by atoms with van der Waals surface area (Å²) in [6, 6.07) is 14.6. The van der Waals surface area contributed by atoms with Crippen molar-refractivity contribution in [2.45, 2.75) is 59.1 Å². The van der Waals surface area contributed by atoms with Crippen LogP contribution < -0.4 is 4.90 Å². The number of ketones is 1. The molecule has 1 aliphatic heterocycles. The molecule has 1 saturated heterocycles. The average Bonchev–Trinajstić information content (AvgIpc) is 3.13. The summed E-state index contributed by atoms with van der Waals surface area (Å²) in [6.07, 6.45) is 2.82. The summed E-state index contributed by atoms with van der Waals surface area (Å²) in [7, 11) is 0. The molecule has 1 aliphatic rings. The Labute approximate surface area is 222 Å². The molecule has 1 N–H and O–H groups in total. The maximum atomic E-state index is 13.5. The Balaban J connectivity index is 1.92. The highest BCUT2D eigenvalue weighted by molar-refractivity contribution is 6.51. The number of esters is 1. The summed E-state index contributed by atoms with van der Waals surface area (Å²) in [4.78, 5) is 45.0. The monoisotopic (exact) mass is 512 g/mol. The van der Waals surface area contributed by atoms with E-state index in [1.54, 1.807) is 56.6 Å². The van der Waals surface area contributed by atoms with Crippen LogP contribution in [0.25, 0.3) is 5.76 Å². The first kappa shape index (κ1) is 26.8. The number of hydrogen-bond donors (Lipinski definition) is 1. The van der Waals surface area contributed by atoms with Crippen molar-refractivity contribution in [2.24, 2.45) is 0 Å². The minimum absolute atomic E-state index is 0.0227. The molecule has 2 aromatic carbocycles. The number of aliphatic hydroxyl groups is 1. The first-order chi connectivity index (χ1) is 17.9. The van der Waals surface area contributed by atoms with Crippen LogP contribution in [0.4, 0.5) is 5.69 Å². The van der Waals surface area contributed by atoms with Crippen LogP contribution in [-0.4, -0.2) is 33.9 Å². The van der Waals surface area contributed by atoms with Gasteiger partial charge in [0.1, 0.15) is 5.76 Å². The van der Waals surface area contributed by atoms with Gasteiger partial charge in [-0.25, -0.2) is 4.79 Å². The first-order valence-electron chi connectivity index (χ1n) is 12.5. The molecular formula is C31H32N2O5. The van der Waals surface area contributed by atoms with Crippen LogP contribution in [0.5, 0.6) is 0 Å². The van der Waals surface area contributed by atoms with Crippen LogP contribution in [0.1, 0.15) is 73.3 Å². The lowest BCUT2D eigenvalue weighted by molar-refractivity contribution is -0.132. The van der Waals surface area contributed by atoms with Crippen molar-refractivity contribution >= 4 is 29.1 Å². The highest BCUT2D eigenvalue weighted by atomic mass is 16.5. The Morgan fingerprint density at radius 1 is 1.03 bits per heavy atom. The molecule has 1 atom stereocenters. The van der Waals surface area contributed by atoms with Crippen molar-refractivity contribution in [1.29, 1.82) is 0 Å². The number of benzene rings is 2. The van der Waals surface area contributed by atoms with Gasteiger partial charge in [-0.2, -0.15) is 0 Å². The van der Waals surface area contributed by atoms with Crippen molar-refractivity contribution in [2.75, 3.05) is 4.90 Å². The number of aliphatic hydroxyl groups excluding tert-OH is 1. The molecule has 0 aliphatic carbocycles. The minimum atomic E-state index is -0.924. The van der Waals surface area contributed by atoms with E-state index in [9.17, 15) is 19.5 Å². The van der Waals surface area contributed by atoms with Gasteiger partial charge in [-0.05, 0) is 79.3 Å². The molecule has 0 saturated carbocycles. The number of anilines is 1. The van der Waals surface area contributed by atoms with E-state index in [1.165, 1.54) is 11.0 Å². The van der Waals surface area contributed by atoms with E-state index < -0.39 is 23.7 Å². The van der Waals surface area contributed by atoms with E-state index in [-0.39, 0.29) is 28.4 Å². The van der Waals surface area contributed by atoms with E-state index >= 15 is 0 Å². The maximum absolute atomic E-state index is 13.5. The quantitative estimate of drug-likeness (QED) is 0.198. The molecule has 0 spiro atoms. The molecule has 7 nitrogen and oxygen atoms in total. The number of hydrogen-bond acceptors (Lipinski definition) is 6. The smallest absolute Gasteiger partial charge is 0.338 e. The normalized spacial score (nSPS) is 17.2. The summed E-state index contributed by atoms with van der Waals surface area (Å²) in [6.45, 7) is 11.5. The molecule has 1 amide bonds. The molecule has 0 radical (unpaired) electrons. The largest absolute Gasteiger partial charge is 0.507 e. The number of nitrogens with zero attached hydrogens (tertiary/aromatic N) is 2. The third-order valence-corrected chi connectivity index (χ3v) is 6.53. The zero-order chi connectivity index (χ0) is 27.8. The second-order valence-corrected chi connectivity index (χ2v) is 10.7. The fourth-order valence-electron chi connectivity index (χ4n) is 4.51. The molecule has 2 heterocycles. The maximum Gasteiger partial charge on any atom is 0.338 e. The van der Waals surface area contributed by atoms with Crippen LogP contribution >= 0.6 is 0 Å². The van der Waals surface area contributed by atoms with Crippen molar-refractivity contribution in [1.82, 2.24) is 4.98 Å². The second kappa shape index (κ2) is 10.2. The van der Waals surface area contributed by atoms with Gasteiger partial charge in [0.2, 0.25) is 0 Å². The highest BCUT2D eigenvalue weighted by Crippen LogP contribution is 2.43. The van der Waals surface area contributed by atoms with E-state index in [0.29, 0.717) is 16.8 Å². The van der Waals surface area contributed by atoms with Crippen LogP contribution in [0.3, 0.4) is 0 Å². The Morgan fingerprint density at radius 2 is 1.71 bits per heavy atom. The fraction of sp³-hybridized carbons (Fsp3) is 0.290. The Kier molecular flexibility index (Phi) is 7.22. The molecular weight excluding hydrogens is 480 g/mol. The zero-order valence-corrected chi connectivity index (χ0v) is 22.5. The summed E-state index contributed by atoms with van der Waals surface area (Å²) in [5.41, 5.74) is 3.22. The molecule has 4 rings (SSSR count). The van der Waals surface area contributed by atoms with Gasteiger partial charge in [0.15, 0.2) is 0 Å². The summed E-state index contributed by atoms with van der Waals surface area (Å²) in [5, 5.41) is 11.6. The van der Waals surface area contributed by atoms with Crippen molar-refractivity contribution in [3.63, 3.8) is 0 Å².